The molecule has 1 aromatic rings. The molecule has 0 bridgehead atoms. The van der Waals surface area contributed by atoms with Crippen LogP contribution in [0, 0.1) is 10.5 Å². The predicted octanol–water partition coefficient (Wildman–Crippen LogP) is 3.07. The van der Waals surface area contributed by atoms with Gasteiger partial charge in [0.15, 0.2) is 0 Å². The van der Waals surface area contributed by atoms with E-state index in [4.69, 9.17) is 0 Å². The molecular formula is C7H6BrIO. The van der Waals surface area contributed by atoms with E-state index in [-0.39, 0.29) is 0 Å². The van der Waals surface area contributed by atoms with Crippen LogP contribution in [0.4, 0.5) is 0 Å². The lowest BCUT2D eigenvalue weighted by Crippen LogP contribution is -1.80. The first-order valence-corrected chi connectivity index (χ1v) is 4.63. The fourth-order valence-electron chi connectivity index (χ4n) is 0.636. The standard InChI is InChI=1S/C7H6BrIO/c1-4-2-3-5(10)6(8)7(4)9/h2-3,10H,1H3. The SMILES string of the molecule is Cc1ccc(O)c(Br)c1I. The summed E-state index contributed by atoms with van der Waals surface area (Å²) >= 11 is 5.46. The molecule has 1 N–H and O–H groups in total. The van der Waals surface area contributed by atoms with Crippen molar-refractivity contribution in [3.8, 4) is 5.75 Å². The summed E-state index contributed by atoms with van der Waals surface area (Å²) in [6, 6.07) is 3.57. The fraction of sp³-hybridized carbons (Fsp3) is 0.143. The summed E-state index contributed by atoms with van der Waals surface area (Å²) in [6.45, 7) is 2.01. The number of aromatic hydroxyl groups is 1. The number of hydrogen-bond donors (Lipinski definition) is 1. The average molecular weight is 313 g/mol. The van der Waals surface area contributed by atoms with Crippen molar-refractivity contribution in [2.75, 3.05) is 0 Å². The van der Waals surface area contributed by atoms with Crippen LogP contribution < -0.4 is 0 Å². The van der Waals surface area contributed by atoms with Crippen LogP contribution in [-0.2, 0) is 0 Å². The number of aryl methyl sites for hydroxylation is 1. The minimum atomic E-state index is 0.301. The Morgan fingerprint density at radius 1 is 1.50 bits per heavy atom. The van der Waals surface area contributed by atoms with Gasteiger partial charge in [0.2, 0.25) is 0 Å². The highest BCUT2D eigenvalue weighted by atomic mass is 127. The summed E-state index contributed by atoms with van der Waals surface area (Å²) in [6.07, 6.45) is 0. The second kappa shape index (κ2) is 3.09. The molecule has 0 aliphatic carbocycles. The summed E-state index contributed by atoms with van der Waals surface area (Å²) in [5.41, 5.74) is 1.17. The van der Waals surface area contributed by atoms with Gasteiger partial charge in [0.25, 0.3) is 0 Å². The minimum Gasteiger partial charge on any atom is -0.507 e. The largest absolute Gasteiger partial charge is 0.507 e. The van der Waals surface area contributed by atoms with Gasteiger partial charge in [0.1, 0.15) is 5.75 Å². The van der Waals surface area contributed by atoms with E-state index in [1.165, 1.54) is 5.56 Å². The molecule has 0 aromatic heterocycles. The third-order valence-corrected chi connectivity index (χ3v) is 4.19. The van der Waals surface area contributed by atoms with Gasteiger partial charge in [-0.3, -0.25) is 0 Å². The number of hydrogen-bond acceptors (Lipinski definition) is 1. The van der Waals surface area contributed by atoms with E-state index in [0.717, 1.165) is 8.04 Å². The molecule has 0 aliphatic heterocycles. The molecule has 0 aliphatic rings. The Morgan fingerprint density at radius 3 is 2.60 bits per heavy atom. The van der Waals surface area contributed by atoms with E-state index in [1.807, 2.05) is 13.0 Å². The molecule has 1 nitrogen and oxygen atoms in total. The number of halogens is 2. The topological polar surface area (TPSA) is 20.2 Å². The second-order valence-electron chi connectivity index (χ2n) is 2.03. The number of phenols is 1. The van der Waals surface area contributed by atoms with Crippen LogP contribution in [-0.4, -0.2) is 5.11 Å². The molecule has 0 heterocycles. The third-order valence-electron chi connectivity index (χ3n) is 1.26. The molecule has 54 valence electrons. The summed E-state index contributed by atoms with van der Waals surface area (Å²) in [7, 11) is 0. The fourth-order valence-corrected chi connectivity index (χ4v) is 1.54. The van der Waals surface area contributed by atoms with Crippen molar-refractivity contribution in [1.82, 2.24) is 0 Å². The second-order valence-corrected chi connectivity index (χ2v) is 3.90. The number of benzene rings is 1. The Kier molecular flexibility index (Phi) is 2.57. The van der Waals surface area contributed by atoms with E-state index < -0.39 is 0 Å². The first-order chi connectivity index (χ1) is 4.63. The van der Waals surface area contributed by atoms with Crippen LogP contribution in [0.1, 0.15) is 5.56 Å². The summed E-state index contributed by atoms with van der Waals surface area (Å²) in [5.74, 6) is 0.301. The van der Waals surface area contributed by atoms with Gasteiger partial charge in [-0.2, -0.15) is 0 Å². The molecule has 10 heavy (non-hydrogen) atoms. The lowest BCUT2D eigenvalue weighted by molar-refractivity contribution is 0.471. The van der Waals surface area contributed by atoms with E-state index in [1.54, 1.807) is 6.07 Å². The van der Waals surface area contributed by atoms with Gasteiger partial charge in [0, 0.05) is 3.57 Å². The summed E-state index contributed by atoms with van der Waals surface area (Å²) < 4.78 is 1.85. The predicted molar refractivity (Wildman–Crippen MR) is 53.3 cm³/mol. The van der Waals surface area contributed by atoms with Gasteiger partial charge in [-0.1, -0.05) is 6.07 Å². The van der Waals surface area contributed by atoms with Gasteiger partial charge in [-0.15, -0.1) is 0 Å². The number of rotatable bonds is 0. The Hall–Kier alpha value is 0.230. The van der Waals surface area contributed by atoms with Gasteiger partial charge >= 0.3 is 0 Å². The van der Waals surface area contributed by atoms with Gasteiger partial charge < -0.3 is 5.11 Å². The molecule has 0 atom stereocenters. The van der Waals surface area contributed by atoms with E-state index >= 15 is 0 Å². The van der Waals surface area contributed by atoms with E-state index in [0.29, 0.717) is 5.75 Å². The highest BCUT2D eigenvalue weighted by molar-refractivity contribution is 14.1. The molecule has 0 amide bonds. The van der Waals surface area contributed by atoms with Crippen molar-refractivity contribution in [1.29, 1.82) is 0 Å². The maximum Gasteiger partial charge on any atom is 0.130 e. The molecule has 0 fully saturated rings. The van der Waals surface area contributed by atoms with Crippen LogP contribution in [0.15, 0.2) is 16.6 Å². The van der Waals surface area contributed by atoms with Crippen LogP contribution in [0.2, 0.25) is 0 Å². The molecule has 0 spiro atoms. The normalized spacial score (nSPS) is 9.90. The van der Waals surface area contributed by atoms with Crippen molar-refractivity contribution >= 4 is 38.5 Å². The summed E-state index contributed by atoms with van der Waals surface area (Å²) in [5, 5.41) is 9.17. The molecule has 0 saturated heterocycles. The van der Waals surface area contributed by atoms with Crippen molar-refractivity contribution in [3.05, 3.63) is 25.7 Å². The van der Waals surface area contributed by atoms with E-state index in [2.05, 4.69) is 38.5 Å². The van der Waals surface area contributed by atoms with Gasteiger partial charge in [-0.25, -0.2) is 0 Å². The van der Waals surface area contributed by atoms with Gasteiger partial charge in [0.05, 0.1) is 4.47 Å². The highest BCUT2D eigenvalue weighted by Gasteiger charge is 2.03. The van der Waals surface area contributed by atoms with Crippen LogP contribution >= 0.6 is 38.5 Å². The molecule has 1 aromatic carbocycles. The monoisotopic (exact) mass is 312 g/mol. The zero-order chi connectivity index (χ0) is 7.72. The highest BCUT2D eigenvalue weighted by Crippen LogP contribution is 2.30. The Bertz CT molecular complexity index is 233. The maximum absolute atomic E-state index is 9.17. The lowest BCUT2D eigenvalue weighted by atomic mass is 10.2. The Labute approximate surface area is 81.7 Å². The molecule has 0 unspecified atom stereocenters. The quantitative estimate of drug-likeness (QED) is 0.730. The minimum absolute atomic E-state index is 0.301. The Balaban J connectivity index is 3.34. The third kappa shape index (κ3) is 1.45. The van der Waals surface area contributed by atoms with Crippen molar-refractivity contribution < 1.29 is 5.11 Å². The summed E-state index contributed by atoms with van der Waals surface area (Å²) in [4.78, 5) is 0. The molecule has 0 saturated carbocycles. The van der Waals surface area contributed by atoms with Crippen molar-refractivity contribution in [2.24, 2.45) is 0 Å². The van der Waals surface area contributed by atoms with E-state index in [9.17, 15) is 5.11 Å². The molecule has 0 radical (unpaired) electrons. The molecule has 3 heteroatoms. The van der Waals surface area contributed by atoms with Crippen LogP contribution in [0.5, 0.6) is 5.75 Å². The zero-order valence-corrected chi connectivity index (χ0v) is 9.10. The first kappa shape index (κ1) is 8.33. The average Bonchev–Trinajstić information content (AvgIpc) is 1.93. The van der Waals surface area contributed by atoms with Crippen molar-refractivity contribution in [3.63, 3.8) is 0 Å². The molecular weight excluding hydrogens is 307 g/mol. The van der Waals surface area contributed by atoms with Crippen LogP contribution in [0.25, 0.3) is 0 Å². The Morgan fingerprint density at radius 2 is 2.10 bits per heavy atom. The van der Waals surface area contributed by atoms with Crippen molar-refractivity contribution in [2.45, 2.75) is 6.92 Å². The lowest BCUT2D eigenvalue weighted by Gasteiger charge is -2.01. The maximum atomic E-state index is 9.17. The number of phenolic OH excluding ortho intramolecular Hbond substituents is 1. The first-order valence-electron chi connectivity index (χ1n) is 2.76. The van der Waals surface area contributed by atoms with Gasteiger partial charge in [-0.05, 0) is 57.1 Å². The van der Waals surface area contributed by atoms with Crippen LogP contribution in [0.3, 0.4) is 0 Å². The zero-order valence-electron chi connectivity index (χ0n) is 5.36. The smallest absolute Gasteiger partial charge is 0.130 e. The molecule has 1 rings (SSSR count).